The van der Waals surface area contributed by atoms with Gasteiger partial charge < -0.3 is 15.7 Å². The van der Waals surface area contributed by atoms with Gasteiger partial charge in [0.15, 0.2) is 0 Å². The second-order valence-corrected chi connectivity index (χ2v) is 5.88. The number of hydrogen-bond donors (Lipinski definition) is 3. The lowest BCUT2D eigenvalue weighted by Gasteiger charge is -2.11. The molecular weight excluding hydrogens is 316 g/mol. The Kier molecular flexibility index (Phi) is 4.62. The summed E-state index contributed by atoms with van der Waals surface area (Å²) in [4.78, 5) is 19.4. The van der Waals surface area contributed by atoms with Crippen LogP contribution in [0.15, 0.2) is 30.3 Å². The molecule has 0 aliphatic heterocycles. The topological polar surface area (TPSA) is 87.1 Å². The molecule has 0 bridgehead atoms. The largest absolute Gasteiger partial charge is 0.480 e. The maximum Gasteiger partial charge on any atom is 0.322 e. The summed E-state index contributed by atoms with van der Waals surface area (Å²) in [6.45, 7) is 0.331. The number of carboxylic acid groups (broad SMARTS) is 1. The fourth-order valence-corrected chi connectivity index (χ4v) is 2.41. The van der Waals surface area contributed by atoms with Gasteiger partial charge in [-0.25, -0.2) is 4.98 Å². The van der Waals surface area contributed by atoms with Gasteiger partial charge in [-0.2, -0.15) is 4.98 Å². The van der Waals surface area contributed by atoms with Crippen molar-refractivity contribution in [2.24, 2.45) is 0 Å². The molecule has 1 aromatic heterocycles. The average Bonchev–Trinajstić information content (AvgIpc) is 3.37. The highest BCUT2D eigenvalue weighted by molar-refractivity contribution is 6.31. The Labute approximate surface area is 138 Å². The van der Waals surface area contributed by atoms with Crippen LogP contribution >= 0.6 is 11.6 Å². The first-order valence-electron chi connectivity index (χ1n) is 7.44. The highest BCUT2D eigenvalue weighted by Crippen LogP contribution is 2.39. The standard InChI is InChI=1S/C16H17ClN4O2/c17-12-4-2-1-3-11(12)8-18-14-7-13(10-5-6-10)20-16(21-14)19-9-15(22)23/h1-4,7,10H,5-6,8-9H2,(H,22,23)(H2,18,19,20,21). The molecule has 0 atom stereocenters. The second-order valence-electron chi connectivity index (χ2n) is 5.47. The molecule has 7 heteroatoms. The van der Waals surface area contributed by atoms with E-state index in [9.17, 15) is 4.79 Å². The average molecular weight is 333 g/mol. The Morgan fingerprint density at radius 3 is 2.74 bits per heavy atom. The molecule has 0 spiro atoms. The van der Waals surface area contributed by atoms with Gasteiger partial charge in [-0.3, -0.25) is 4.79 Å². The molecule has 1 aliphatic rings. The van der Waals surface area contributed by atoms with Crippen molar-refractivity contribution in [1.29, 1.82) is 0 Å². The van der Waals surface area contributed by atoms with Crippen LogP contribution < -0.4 is 10.6 Å². The van der Waals surface area contributed by atoms with Crippen molar-refractivity contribution in [1.82, 2.24) is 9.97 Å². The molecule has 0 amide bonds. The van der Waals surface area contributed by atoms with Crippen LogP contribution in [0.3, 0.4) is 0 Å². The summed E-state index contributed by atoms with van der Waals surface area (Å²) < 4.78 is 0. The van der Waals surface area contributed by atoms with Crippen LogP contribution in [-0.4, -0.2) is 27.6 Å². The van der Waals surface area contributed by atoms with E-state index in [0.29, 0.717) is 29.3 Å². The summed E-state index contributed by atoms with van der Waals surface area (Å²) >= 11 is 6.15. The highest BCUT2D eigenvalue weighted by atomic mass is 35.5. The number of carbonyl (C=O) groups is 1. The number of nitrogens with zero attached hydrogens (tertiary/aromatic N) is 2. The zero-order valence-electron chi connectivity index (χ0n) is 12.4. The van der Waals surface area contributed by atoms with Gasteiger partial charge in [-0.1, -0.05) is 29.8 Å². The predicted octanol–water partition coefficient (Wildman–Crippen LogP) is 3.12. The minimum absolute atomic E-state index is 0.210. The molecule has 2 aromatic rings. The fourth-order valence-electron chi connectivity index (χ4n) is 2.21. The van der Waals surface area contributed by atoms with Gasteiger partial charge in [0.25, 0.3) is 0 Å². The number of benzene rings is 1. The van der Waals surface area contributed by atoms with Gasteiger partial charge in [-0.15, -0.1) is 0 Å². The number of hydrogen-bond acceptors (Lipinski definition) is 5. The minimum Gasteiger partial charge on any atom is -0.480 e. The molecule has 1 fully saturated rings. The molecule has 3 rings (SSSR count). The highest BCUT2D eigenvalue weighted by Gasteiger charge is 2.26. The number of anilines is 2. The lowest BCUT2D eigenvalue weighted by atomic mass is 10.2. The van der Waals surface area contributed by atoms with Crippen molar-refractivity contribution < 1.29 is 9.90 Å². The molecule has 3 N–H and O–H groups in total. The lowest BCUT2D eigenvalue weighted by molar-refractivity contribution is -0.134. The van der Waals surface area contributed by atoms with Crippen LogP contribution in [0.2, 0.25) is 5.02 Å². The number of nitrogens with one attached hydrogen (secondary N) is 2. The van der Waals surface area contributed by atoms with Crippen molar-refractivity contribution in [3.63, 3.8) is 0 Å². The molecule has 6 nitrogen and oxygen atoms in total. The van der Waals surface area contributed by atoms with E-state index < -0.39 is 5.97 Å². The lowest BCUT2D eigenvalue weighted by Crippen LogP contribution is -2.15. The Bertz CT molecular complexity index is 719. The maximum absolute atomic E-state index is 10.7. The van der Waals surface area contributed by atoms with E-state index in [1.54, 1.807) is 0 Å². The number of rotatable bonds is 7. The van der Waals surface area contributed by atoms with Gasteiger partial charge in [0.05, 0.1) is 5.69 Å². The predicted molar refractivity (Wildman–Crippen MR) is 88.9 cm³/mol. The summed E-state index contributed by atoms with van der Waals surface area (Å²) in [5, 5.41) is 15.4. The monoisotopic (exact) mass is 332 g/mol. The van der Waals surface area contributed by atoms with Gasteiger partial charge in [-0.05, 0) is 24.5 Å². The van der Waals surface area contributed by atoms with E-state index in [0.717, 1.165) is 24.1 Å². The van der Waals surface area contributed by atoms with Gasteiger partial charge in [0.1, 0.15) is 12.4 Å². The third-order valence-electron chi connectivity index (χ3n) is 3.56. The van der Waals surface area contributed by atoms with E-state index in [1.165, 1.54) is 0 Å². The molecule has 0 saturated heterocycles. The van der Waals surface area contributed by atoms with E-state index in [4.69, 9.17) is 16.7 Å². The first-order valence-corrected chi connectivity index (χ1v) is 7.81. The van der Waals surface area contributed by atoms with E-state index in [1.807, 2.05) is 30.3 Å². The second kappa shape index (κ2) is 6.83. The van der Waals surface area contributed by atoms with Gasteiger partial charge in [0, 0.05) is 23.6 Å². The minimum atomic E-state index is -0.948. The van der Waals surface area contributed by atoms with Crippen LogP contribution in [0.5, 0.6) is 0 Å². The Morgan fingerprint density at radius 2 is 2.04 bits per heavy atom. The quantitative estimate of drug-likeness (QED) is 0.722. The van der Waals surface area contributed by atoms with Crippen LogP contribution in [0.4, 0.5) is 11.8 Å². The SMILES string of the molecule is O=C(O)CNc1nc(NCc2ccccc2Cl)cc(C2CC2)n1. The summed E-state index contributed by atoms with van der Waals surface area (Å²) in [6.07, 6.45) is 2.22. The van der Waals surface area contributed by atoms with Crippen molar-refractivity contribution in [2.75, 3.05) is 17.2 Å². The normalized spacial score (nSPS) is 13.6. The smallest absolute Gasteiger partial charge is 0.322 e. The molecule has 1 heterocycles. The third kappa shape index (κ3) is 4.32. The molecule has 1 aromatic carbocycles. The number of carboxylic acids is 1. The number of aliphatic carboxylic acids is 1. The van der Waals surface area contributed by atoms with Crippen molar-refractivity contribution in [3.8, 4) is 0 Å². The fraction of sp³-hybridized carbons (Fsp3) is 0.312. The molecule has 1 saturated carbocycles. The Hall–Kier alpha value is -2.34. The summed E-state index contributed by atoms with van der Waals surface area (Å²) in [5.74, 6) is 0.494. The van der Waals surface area contributed by atoms with Crippen LogP contribution in [0.25, 0.3) is 0 Å². The van der Waals surface area contributed by atoms with Crippen LogP contribution in [-0.2, 0) is 11.3 Å². The van der Waals surface area contributed by atoms with Crippen LogP contribution in [0, 0.1) is 0 Å². The first kappa shape index (κ1) is 15.6. The molecule has 1 aliphatic carbocycles. The Balaban J connectivity index is 1.74. The molecule has 0 radical (unpaired) electrons. The molecule has 120 valence electrons. The first-order chi connectivity index (χ1) is 11.1. The van der Waals surface area contributed by atoms with Crippen molar-refractivity contribution in [3.05, 3.63) is 46.6 Å². The number of halogens is 1. The van der Waals surface area contributed by atoms with Gasteiger partial charge >= 0.3 is 5.97 Å². The molecule has 0 unspecified atom stereocenters. The summed E-state index contributed by atoms with van der Waals surface area (Å²) in [7, 11) is 0. The molecular formula is C16H17ClN4O2. The van der Waals surface area contributed by atoms with E-state index in [2.05, 4.69) is 20.6 Å². The third-order valence-corrected chi connectivity index (χ3v) is 3.93. The van der Waals surface area contributed by atoms with Crippen molar-refractivity contribution in [2.45, 2.75) is 25.3 Å². The number of aromatic nitrogens is 2. The van der Waals surface area contributed by atoms with Crippen molar-refractivity contribution >= 4 is 29.3 Å². The van der Waals surface area contributed by atoms with Crippen LogP contribution in [0.1, 0.15) is 30.0 Å². The molecule has 23 heavy (non-hydrogen) atoms. The summed E-state index contributed by atoms with van der Waals surface area (Å²) in [6, 6.07) is 9.52. The zero-order chi connectivity index (χ0) is 16.2. The summed E-state index contributed by atoms with van der Waals surface area (Å²) in [5.41, 5.74) is 1.91. The Morgan fingerprint density at radius 1 is 1.26 bits per heavy atom. The van der Waals surface area contributed by atoms with E-state index in [-0.39, 0.29) is 6.54 Å². The zero-order valence-corrected chi connectivity index (χ0v) is 13.2. The van der Waals surface area contributed by atoms with E-state index >= 15 is 0 Å². The van der Waals surface area contributed by atoms with Gasteiger partial charge in [0.2, 0.25) is 5.95 Å². The maximum atomic E-state index is 10.7.